The maximum atomic E-state index is 14.1. The maximum Gasteiger partial charge on any atom is 0.240 e. The summed E-state index contributed by atoms with van der Waals surface area (Å²) < 4.78 is 6.33. The fraction of sp³-hybridized carbons (Fsp3) is 0.923. The van der Waals surface area contributed by atoms with E-state index in [-0.39, 0.29) is 66.1 Å². The highest BCUT2D eigenvalue weighted by Crippen LogP contribution is 2.46. The Morgan fingerprint density at radius 2 is 1.48 bits per heavy atom. The number of rotatable bonds is 16. The number of hydroxylamine groups is 2. The van der Waals surface area contributed by atoms with Gasteiger partial charge in [0, 0.05) is 69.5 Å². The van der Waals surface area contributed by atoms with Gasteiger partial charge in [0.1, 0.15) is 12.1 Å². The van der Waals surface area contributed by atoms with E-state index in [0.717, 1.165) is 51.6 Å². The Kier molecular flexibility index (Phi) is 16.6. The van der Waals surface area contributed by atoms with E-state index >= 15 is 0 Å². The second kappa shape index (κ2) is 20.2. The molecule has 0 radical (unpaired) electrons. The number of hydrogen-bond acceptors (Lipinski definition) is 10. The van der Waals surface area contributed by atoms with Crippen molar-refractivity contribution in [1.82, 2.24) is 30.8 Å². The van der Waals surface area contributed by atoms with Gasteiger partial charge in [-0.2, -0.15) is 5.06 Å². The number of methoxy groups -OCH3 is 1. The van der Waals surface area contributed by atoms with Gasteiger partial charge in [-0.15, -0.1) is 0 Å². The molecule has 0 bridgehead atoms. The van der Waals surface area contributed by atoms with Gasteiger partial charge in [0.05, 0.1) is 18.8 Å². The quantitative estimate of drug-likeness (QED) is 0.158. The molecule has 5 unspecified atom stereocenters. The Morgan fingerprint density at radius 3 is 2.02 bits per heavy atom. The van der Waals surface area contributed by atoms with Crippen LogP contribution in [0.2, 0.25) is 0 Å². The lowest BCUT2D eigenvalue weighted by Crippen LogP contribution is -2.55. The van der Waals surface area contributed by atoms with Crippen molar-refractivity contribution in [2.75, 3.05) is 74.6 Å². The number of hydrogen-bond donors (Lipinski definition) is 5. The van der Waals surface area contributed by atoms with Crippen LogP contribution in [0.3, 0.4) is 0 Å². The molecular formula is C39H72N6O7. The molecular weight excluding hydrogens is 664 g/mol. The van der Waals surface area contributed by atoms with Crippen molar-refractivity contribution < 1.29 is 34.2 Å². The highest BCUT2D eigenvalue weighted by atomic mass is 16.7. The minimum Gasteiger partial charge on any atom is -0.394 e. The minimum atomic E-state index is -0.859. The molecule has 5 N–H and O–H groups in total. The largest absolute Gasteiger partial charge is 0.394 e. The second-order valence-corrected chi connectivity index (χ2v) is 17.2. The van der Waals surface area contributed by atoms with E-state index in [1.54, 1.807) is 19.1 Å². The van der Waals surface area contributed by atoms with Gasteiger partial charge in [-0.25, -0.2) is 0 Å². The van der Waals surface area contributed by atoms with Crippen molar-refractivity contribution in [2.24, 2.45) is 47.3 Å². The van der Waals surface area contributed by atoms with E-state index in [1.165, 1.54) is 0 Å². The standard InChI is InChI=1S/C39H72N6O7/c1-24-11-9-14-32(25(24)2)42-39(50)35-34(26(3)47)33(23-46)52-45(35)22-27-12-10-13-31(36(27)51-8)28-19-29(37(48)40-15-17-43(4)5)21-30(20-28)38(49)41-16-18-44(6)7/h24-36,46-47H,9-23H2,1-8H3,(H,40,48)(H,41,49)(H,42,50)/t24-,25-,26-,27?,28?,29?,30?,31?,32-,33-,34-,35-,36?/m0/s1. The first kappa shape index (κ1) is 42.9. The van der Waals surface area contributed by atoms with Gasteiger partial charge >= 0.3 is 0 Å². The van der Waals surface area contributed by atoms with Gasteiger partial charge in [0.2, 0.25) is 17.7 Å². The third-order valence-corrected chi connectivity index (χ3v) is 12.9. The lowest BCUT2D eigenvalue weighted by Gasteiger charge is -2.46. The van der Waals surface area contributed by atoms with Crippen molar-refractivity contribution in [2.45, 2.75) is 109 Å². The summed E-state index contributed by atoms with van der Waals surface area (Å²) in [6.07, 6.45) is 6.11. The minimum absolute atomic E-state index is 0.0131. The molecule has 3 amide bonds. The van der Waals surface area contributed by atoms with Crippen LogP contribution in [0.25, 0.3) is 0 Å². The number of nitrogens with zero attached hydrogens (tertiary/aromatic N) is 3. The molecule has 1 aliphatic heterocycles. The average Bonchev–Trinajstić information content (AvgIpc) is 3.48. The van der Waals surface area contributed by atoms with Crippen LogP contribution < -0.4 is 16.0 Å². The van der Waals surface area contributed by atoms with Gasteiger partial charge < -0.3 is 40.7 Å². The maximum absolute atomic E-state index is 14.1. The average molecular weight is 737 g/mol. The monoisotopic (exact) mass is 737 g/mol. The SMILES string of the molecule is COC1C(CN2O[C@@H](CO)[C@H]([C@H](C)O)[C@H]2C(=O)N[C@H]2CCC[C@H](C)[C@@H]2C)CCCC1C1CC(C(=O)NCCN(C)C)CC(C(=O)NCCN(C)C)C1. The van der Waals surface area contributed by atoms with Crippen LogP contribution in [0.1, 0.15) is 78.6 Å². The predicted molar refractivity (Wildman–Crippen MR) is 201 cm³/mol. The normalized spacial score (nSPS) is 36.5. The zero-order valence-electron chi connectivity index (χ0n) is 33.4. The lowest BCUT2D eigenvalue weighted by atomic mass is 9.64. The summed E-state index contributed by atoms with van der Waals surface area (Å²) >= 11 is 0. The molecule has 0 aromatic rings. The Labute approximate surface area is 313 Å². The van der Waals surface area contributed by atoms with Crippen LogP contribution in [0.4, 0.5) is 0 Å². The summed E-state index contributed by atoms with van der Waals surface area (Å²) in [6.45, 7) is 8.84. The van der Waals surface area contributed by atoms with Crippen molar-refractivity contribution in [3.05, 3.63) is 0 Å². The Bertz CT molecular complexity index is 1110. The zero-order valence-corrected chi connectivity index (χ0v) is 33.4. The van der Waals surface area contributed by atoms with Crippen molar-refractivity contribution in [1.29, 1.82) is 0 Å². The molecule has 0 aromatic carbocycles. The first-order valence-electron chi connectivity index (χ1n) is 20.2. The van der Waals surface area contributed by atoms with Crippen molar-refractivity contribution in [3.8, 4) is 0 Å². The van der Waals surface area contributed by atoms with Gasteiger partial charge in [0.25, 0.3) is 0 Å². The summed E-state index contributed by atoms with van der Waals surface area (Å²) in [4.78, 5) is 51.7. The summed E-state index contributed by atoms with van der Waals surface area (Å²) in [5.74, 6) is -0.135. The molecule has 0 spiro atoms. The van der Waals surface area contributed by atoms with Crippen LogP contribution in [-0.4, -0.2) is 148 Å². The molecule has 1 saturated heterocycles. The van der Waals surface area contributed by atoms with Crippen LogP contribution in [-0.2, 0) is 24.0 Å². The van der Waals surface area contributed by atoms with Crippen LogP contribution in [0.15, 0.2) is 0 Å². The van der Waals surface area contributed by atoms with Crippen LogP contribution in [0, 0.1) is 47.3 Å². The molecule has 4 fully saturated rings. The fourth-order valence-corrected chi connectivity index (χ4v) is 9.78. The zero-order chi connectivity index (χ0) is 38.1. The number of carbonyl (C=O) groups is 3. The fourth-order valence-electron chi connectivity index (χ4n) is 9.78. The number of nitrogens with one attached hydrogen (secondary N) is 3. The summed E-state index contributed by atoms with van der Waals surface area (Å²) in [6, 6.07) is -0.696. The molecule has 0 aromatic heterocycles. The second-order valence-electron chi connectivity index (χ2n) is 17.2. The van der Waals surface area contributed by atoms with Crippen LogP contribution in [0.5, 0.6) is 0 Å². The number of ether oxygens (including phenoxy) is 1. The number of likely N-dealkylation sites (N-methyl/N-ethyl adjacent to an activating group) is 2. The van der Waals surface area contributed by atoms with E-state index in [1.807, 2.05) is 38.0 Å². The molecule has 3 saturated carbocycles. The number of amides is 3. The molecule has 13 nitrogen and oxygen atoms in total. The molecule has 13 heteroatoms. The van der Waals surface area contributed by atoms with Crippen LogP contribution >= 0.6 is 0 Å². The topological polar surface area (TPSA) is 156 Å². The smallest absolute Gasteiger partial charge is 0.240 e. The Morgan fingerprint density at radius 1 is 0.885 bits per heavy atom. The highest BCUT2D eigenvalue weighted by molar-refractivity contribution is 5.83. The lowest BCUT2D eigenvalue weighted by molar-refractivity contribution is -0.192. The van der Waals surface area contributed by atoms with Gasteiger partial charge in [-0.1, -0.05) is 33.1 Å². The third-order valence-electron chi connectivity index (χ3n) is 12.9. The number of aliphatic hydroxyl groups is 2. The van der Waals surface area contributed by atoms with Crippen molar-refractivity contribution >= 4 is 17.7 Å². The molecule has 52 heavy (non-hydrogen) atoms. The summed E-state index contributed by atoms with van der Waals surface area (Å²) in [5, 5.41) is 32.6. The van der Waals surface area contributed by atoms with Crippen molar-refractivity contribution in [3.63, 3.8) is 0 Å². The van der Waals surface area contributed by atoms with E-state index < -0.39 is 24.2 Å². The third kappa shape index (κ3) is 11.1. The van der Waals surface area contributed by atoms with Gasteiger partial charge in [-0.05, 0) is 97.3 Å². The summed E-state index contributed by atoms with van der Waals surface area (Å²) in [5.41, 5.74) is 0. The van der Waals surface area contributed by atoms with E-state index in [2.05, 4.69) is 29.8 Å². The molecule has 12 atom stereocenters. The van der Waals surface area contributed by atoms with Gasteiger partial charge in [0.15, 0.2) is 0 Å². The molecule has 1 heterocycles. The molecule has 4 rings (SSSR count). The first-order chi connectivity index (χ1) is 24.7. The van der Waals surface area contributed by atoms with E-state index in [4.69, 9.17) is 9.57 Å². The van der Waals surface area contributed by atoms with Gasteiger partial charge in [-0.3, -0.25) is 19.2 Å². The number of aliphatic hydroxyl groups excluding tert-OH is 2. The first-order valence-corrected chi connectivity index (χ1v) is 20.2. The predicted octanol–water partition coefficient (Wildman–Crippen LogP) is 1.72. The summed E-state index contributed by atoms with van der Waals surface area (Å²) in [7, 11) is 9.67. The van der Waals surface area contributed by atoms with E-state index in [9.17, 15) is 24.6 Å². The Hall–Kier alpha value is -1.87. The molecule has 3 aliphatic carbocycles. The number of carbonyl (C=O) groups excluding carboxylic acids is 3. The Balaban J connectivity index is 1.53. The molecule has 300 valence electrons. The highest BCUT2D eigenvalue weighted by Gasteiger charge is 2.52. The van der Waals surface area contributed by atoms with E-state index in [0.29, 0.717) is 50.7 Å². The molecule has 4 aliphatic rings.